The van der Waals surface area contributed by atoms with Crippen LogP contribution >= 0.6 is 0 Å². The quantitative estimate of drug-likeness (QED) is 0.780. The van der Waals surface area contributed by atoms with E-state index in [2.05, 4.69) is 10.3 Å². The maximum absolute atomic E-state index is 11.1. The summed E-state index contributed by atoms with van der Waals surface area (Å²) in [5.41, 5.74) is 0.937. The van der Waals surface area contributed by atoms with Crippen LogP contribution in [0.5, 0.6) is 0 Å². The maximum atomic E-state index is 11.1. The first-order chi connectivity index (χ1) is 9.22. The number of carbonyl (C=O) groups is 1. The standard InChI is InChI=1S/C14H16N2O3/c1-2-19-9-8-15-13-7-6-10-11(14(17)18)4-3-5-12(10)16-13/h3-7H,2,8-9H2,1H3,(H,15,16)(H,17,18). The summed E-state index contributed by atoms with van der Waals surface area (Å²) in [4.78, 5) is 15.5. The monoisotopic (exact) mass is 260 g/mol. The molecule has 0 unspecified atom stereocenters. The molecule has 2 N–H and O–H groups in total. The zero-order valence-electron chi connectivity index (χ0n) is 10.7. The van der Waals surface area contributed by atoms with Crippen LogP contribution in [0.2, 0.25) is 0 Å². The second-order valence-corrected chi connectivity index (χ2v) is 4.00. The van der Waals surface area contributed by atoms with E-state index < -0.39 is 5.97 Å². The minimum atomic E-state index is -0.940. The maximum Gasteiger partial charge on any atom is 0.336 e. The molecule has 0 spiro atoms. The number of hydrogen-bond acceptors (Lipinski definition) is 4. The number of fused-ring (bicyclic) bond motifs is 1. The Morgan fingerprint density at radius 2 is 2.21 bits per heavy atom. The van der Waals surface area contributed by atoms with E-state index >= 15 is 0 Å². The largest absolute Gasteiger partial charge is 0.478 e. The molecule has 2 rings (SSSR count). The van der Waals surface area contributed by atoms with Gasteiger partial charge in [-0.1, -0.05) is 6.07 Å². The molecule has 0 aliphatic rings. The van der Waals surface area contributed by atoms with Crippen molar-refractivity contribution in [2.75, 3.05) is 25.1 Å². The van der Waals surface area contributed by atoms with Crippen molar-refractivity contribution in [3.8, 4) is 0 Å². The summed E-state index contributed by atoms with van der Waals surface area (Å²) in [5.74, 6) is -0.223. The SMILES string of the molecule is CCOCCNc1ccc2c(C(=O)O)cccc2n1. The van der Waals surface area contributed by atoms with Crippen LogP contribution in [0.3, 0.4) is 0 Å². The molecule has 1 aromatic heterocycles. The fraction of sp³-hybridized carbons (Fsp3) is 0.286. The van der Waals surface area contributed by atoms with Crippen molar-refractivity contribution < 1.29 is 14.6 Å². The summed E-state index contributed by atoms with van der Waals surface area (Å²) >= 11 is 0. The zero-order chi connectivity index (χ0) is 13.7. The zero-order valence-corrected chi connectivity index (χ0v) is 10.7. The van der Waals surface area contributed by atoms with E-state index in [1.54, 1.807) is 30.3 Å². The predicted octanol–water partition coefficient (Wildman–Crippen LogP) is 2.38. The molecule has 0 radical (unpaired) electrons. The van der Waals surface area contributed by atoms with E-state index in [-0.39, 0.29) is 5.56 Å². The molecule has 0 aliphatic heterocycles. The number of hydrogen-bond donors (Lipinski definition) is 2. The summed E-state index contributed by atoms with van der Waals surface area (Å²) in [6.45, 7) is 3.92. The third-order valence-electron chi connectivity index (χ3n) is 2.72. The van der Waals surface area contributed by atoms with Gasteiger partial charge in [-0.25, -0.2) is 9.78 Å². The Morgan fingerprint density at radius 1 is 1.37 bits per heavy atom. The van der Waals surface area contributed by atoms with Crippen molar-refractivity contribution in [2.24, 2.45) is 0 Å². The Hall–Kier alpha value is -2.14. The fourth-order valence-corrected chi connectivity index (χ4v) is 1.84. The van der Waals surface area contributed by atoms with Gasteiger partial charge in [-0.2, -0.15) is 0 Å². The summed E-state index contributed by atoms with van der Waals surface area (Å²) in [6.07, 6.45) is 0. The lowest BCUT2D eigenvalue weighted by Gasteiger charge is -2.07. The minimum Gasteiger partial charge on any atom is -0.478 e. The van der Waals surface area contributed by atoms with Gasteiger partial charge in [0.1, 0.15) is 5.82 Å². The van der Waals surface area contributed by atoms with Crippen LogP contribution in [0.1, 0.15) is 17.3 Å². The molecule has 1 heterocycles. The van der Waals surface area contributed by atoms with Gasteiger partial charge in [0.25, 0.3) is 0 Å². The van der Waals surface area contributed by atoms with Crippen molar-refractivity contribution >= 4 is 22.7 Å². The van der Waals surface area contributed by atoms with Crippen molar-refractivity contribution in [2.45, 2.75) is 6.92 Å². The molecule has 0 saturated carbocycles. The van der Waals surface area contributed by atoms with Gasteiger partial charge in [-0.3, -0.25) is 0 Å². The van der Waals surface area contributed by atoms with Gasteiger partial charge >= 0.3 is 5.97 Å². The van der Waals surface area contributed by atoms with E-state index in [1.165, 1.54) is 0 Å². The minimum absolute atomic E-state index is 0.269. The molecular weight excluding hydrogens is 244 g/mol. The summed E-state index contributed by atoms with van der Waals surface area (Å²) in [5, 5.41) is 12.9. The summed E-state index contributed by atoms with van der Waals surface area (Å²) < 4.78 is 5.23. The Bertz CT molecular complexity index is 584. The molecule has 100 valence electrons. The highest BCUT2D eigenvalue weighted by Gasteiger charge is 2.08. The molecule has 0 fully saturated rings. The van der Waals surface area contributed by atoms with Gasteiger partial charge in [-0.05, 0) is 31.2 Å². The van der Waals surface area contributed by atoms with Crippen LogP contribution in [0.15, 0.2) is 30.3 Å². The molecule has 0 saturated heterocycles. The van der Waals surface area contributed by atoms with Crippen LogP contribution in [0.25, 0.3) is 10.9 Å². The molecule has 19 heavy (non-hydrogen) atoms. The van der Waals surface area contributed by atoms with E-state index in [9.17, 15) is 4.79 Å². The van der Waals surface area contributed by atoms with E-state index in [0.717, 1.165) is 5.82 Å². The van der Waals surface area contributed by atoms with Crippen LogP contribution in [-0.2, 0) is 4.74 Å². The lowest BCUT2D eigenvalue weighted by Crippen LogP contribution is -2.10. The number of benzene rings is 1. The number of carboxylic acid groups (broad SMARTS) is 1. The molecular formula is C14H16N2O3. The predicted molar refractivity (Wildman–Crippen MR) is 73.7 cm³/mol. The van der Waals surface area contributed by atoms with Crippen molar-refractivity contribution in [3.05, 3.63) is 35.9 Å². The Balaban J connectivity index is 2.19. The van der Waals surface area contributed by atoms with Gasteiger partial charge in [0.15, 0.2) is 0 Å². The first kappa shape index (κ1) is 13.3. The number of pyridine rings is 1. The number of ether oxygens (including phenoxy) is 1. The highest BCUT2D eigenvalue weighted by atomic mass is 16.5. The number of carboxylic acids is 1. The smallest absolute Gasteiger partial charge is 0.336 e. The molecule has 2 aromatic rings. The van der Waals surface area contributed by atoms with E-state index in [4.69, 9.17) is 9.84 Å². The summed E-state index contributed by atoms with van der Waals surface area (Å²) in [6, 6.07) is 8.63. The second-order valence-electron chi connectivity index (χ2n) is 4.00. The van der Waals surface area contributed by atoms with Crippen LogP contribution in [0.4, 0.5) is 5.82 Å². The third kappa shape index (κ3) is 3.20. The highest BCUT2D eigenvalue weighted by molar-refractivity contribution is 6.02. The average Bonchev–Trinajstić information content (AvgIpc) is 2.42. The Morgan fingerprint density at radius 3 is 2.95 bits per heavy atom. The van der Waals surface area contributed by atoms with Crippen LogP contribution in [0, 0.1) is 0 Å². The molecule has 0 aliphatic carbocycles. The molecule has 0 atom stereocenters. The lowest BCUT2D eigenvalue weighted by molar-refractivity contribution is 0.0699. The topological polar surface area (TPSA) is 71.5 Å². The Kier molecular flexibility index (Phi) is 4.30. The van der Waals surface area contributed by atoms with E-state index in [1.807, 2.05) is 6.92 Å². The first-order valence-electron chi connectivity index (χ1n) is 6.17. The molecule has 1 aromatic carbocycles. The number of anilines is 1. The number of aromatic nitrogens is 1. The number of nitrogens with one attached hydrogen (secondary N) is 1. The molecule has 5 nitrogen and oxygen atoms in total. The normalized spacial score (nSPS) is 10.6. The Labute approximate surface area is 111 Å². The highest BCUT2D eigenvalue weighted by Crippen LogP contribution is 2.19. The van der Waals surface area contributed by atoms with Crippen molar-refractivity contribution in [3.63, 3.8) is 0 Å². The first-order valence-corrected chi connectivity index (χ1v) is 6.17. The van der Waals surface area contributed by atoms with Crippen molar-refractivity contribution in [1.29, 1.82) is 0 Å². The molecule has 0 amide bonds. The van der Waals surface area contributed by atoms with Gasteiger partial charge in [0.2, 0.25) is 0 Å². The number of rotatable bonds is 6. The van der Waals surface area contributed by atoms with Gasteiger partial charge in [0, 0.05) is 18.5 Å². The van der Waals surface area contributed by atoms with Gasteiger partial charge in [0.05, 0.1) is 17.7 Å². The van der Waals surface area contributed by atoms with Crippen LogP contribution in [-0.4, -0.2) is 35.8 Å². The average molecular weight is 260 g/mol. The second kappa shape index (κ2) is 6.15. The molecule has 5 heteroatoms. The van der Waals surface area contributed by atoms with E-state index in [0.29, 0.717) is 30.7 Å². The molecule has 0 bridgehead atoms. The lowest BCUT2D eigenvalue weighted by atomic mass is 10.1. The van der Waals surface area contributed by atoms with Gasteiger partial charge < -0.3 is 15.2 Å². The number of aromatic carboxylic acids is 1. The third-order valence-corrected chi connectivity index (χ3v) is 2.72. The number of nitrogens with zero attached hydrogens (tertiary/aromatic N) is 1. The summed E-state index contributed by atoms with van der Waals surface area (Å²) in [7, 11) is 0. The van der Waals surface area contributed by atoms with Crippen LogP contribution < -0.4 is 5.32 Å². The fourth-order valence-electron chi connectivity index (χ4n) is 1.84. The van der Waals surface area contributed by atoms with Crippen molar-refractivity contribution in [1.82, 2.24) is 4.98 Å². The van der Waals surface area contributed by atoms with Gasteiger partial charge in [-0.15, -0.1) is 0 Å².